The van der Waals surface area contributed by atoms with Gasteiger partial charge in [-0.05, 0) is 69.3 Å². The third-order valence-corrected chi connectivity index (χ3v) is 4.02. The Kier molecular flexibility index (Phi) is 6.64. The molecule has 0 aliphatic rings. The fourth-order valence-electron chi connectivity index (χ4n) is 2.16. The number of anilines is 1. The van der Waals surface area contributed by atoms with Crippen molar-refractivity contribution >= 4 is 35.1 Å². The predicted octanol–water partition coefficient (Wildman–Crippen LogP) is 3.17. The maximum Gasteiger partial charge on any atom is 0.350 e. The fraction of sp³-hybridized carbons (Fsp3) is 0.250. The van der Waals surface area contributed by atoms with Gasteiger partial charge in [-0.2, -0.15) is 0 Å². The molecule has 2 rings (SSSR count). The number of hydrogen-bond acceptors (Lipinski definition) is 5. The molecule has 1 atom stereocenters. The van der Waals surface area contributed by atoms with Gasteiger partial charge in [0.1, 0.15) is 5.75 Å². The van der Waals surface area contributed by atoms with E-state index in [4.69, 9.17) is 26.8 Å². The van der Waals surface area contributed by atoms with E-state index >= 15 is 0 Å². The van der Waals surface area contributed by atoms with Gasteiger partial charge in [0.05, 0.1) is 0 Å². The van der Waals surface area contributed by atoms with Gasteiger partial charge in [-0.1, -0.05) is 11.6 Å². The van der Waals surface area contributed by atoms with Crippen molar-refractivity contribution in [3.63, 3.8) is 0 Å². The highest BCUT2D eigenvalue weighted by molar-refractivity contribution is 6.30. The molecule has 28 heavy (non-hydrogen) atoms. The highest BCUT2D eigenvalue weighted by atomic mass is 35.5. The van der Waals surface area contributed by atoms with E-state index < -0.39 is 29.5 Å². The Bertz CT molecular complexity index is 863. The molecule has 2 aromatic rings. The number of rotatable bonds is 7. The smallest absolute Gasteiger partial charge is 0.350 e. The summed E-state index contributed by atoms with van der Waals surface area (Å²) in [6.45, 7) is 4.53. The van der Waals surface area contributed by atoms with Gasteiger partial charge in [0, 0.05) is 16.3 Å². The number of benzene rings is 2. The van der Waals surface area contributed by atoms with E-state index in [9.17, 15) is 14.4 Å². The number of hydrogen-bond donors (Lipinski definition) is 2. The molecule has 0 spiro atoms. The first-order valence-electron chi connectivity index (χ1n) is 8.45. The number of esters is 1. The zero-order valence-corrected chi connectivity index (χ0v) is 16.4. The quantitative estimate of drug-likeness (QED) is 0.689. The van der Waals surface area contributed by atoms with Crippen LogP contribution in [0, 0.1) is 0 Å². The Morgan fingerprint density at radius 3 is 2.14 bits per heavy atom. The SMILES string of the molecule is CC(OC(=O)C(C)(C)Oc1ccc(Cl)cc1)C(=O)Nc1ccc(C(N)=O)cc1. The lowest BCUT2D eigenvalue weighted by Crippen LogP contribution is -2.43. The maximum atomic E-state index is 12.4. The minimum atomic E-state index is -1.31. The van der Waals surface area contributed by atoms with E-state index in [0.717, 1.165) is 0 Å². The summed E-state index contributed by atoms with van der Waals surface area (Å²) in [6.07, 6.45) is -1.06. The summed E-state index contributed by atoms with van der Waals surface area (Å²) in [4.78, 5) is 35.7. The average Bonchev–Trinajstić information content (AvgIpc) is 2.63. The number of carbonyl (C=O) groups is 3. The van der Waals surface area contributed by atoms with Gasteiger partial charge < -0.3 is 20.5 Å². The number of carbonyl (C=O) groups excluding carboxylic acids is 3. The molecule has 0 radical (unpaired) electrons. The Morgan fingerprint density at radius 2 is 1.61 bits per heavy atom. The second-order valence-corrected chi connectivity index (χ2v) is 6.98. The normalized spacial score (nSPS) is 12.0. The van der Waals surface area contributed by atoms with Crippen LogP contribution in [-0.4, -0.2) is 29.5 Å². The topological polar surface area (TPSA) is 108 Å². The Labute approximate surface area is 167 Å². The Morgan fingerprint density at radius 1 is 1.04 bits per heavy atom. The van der Waals surface area contributed by atoms with Gasteiger partial charge in [-0.25, -0.2) is 4.79 Å². The Balaban J connectivity index is 1.94. The fourth-order valence-corrected chi connectivity index (χ4v) is 2.28. The van der Waals surface area contributed by atoms with Crippen molar-refractivity contribution in [2.45, 2.75) is 32.5 Å². The highest BCUT2D eigenvalue weighted by Gasteiger charge is 2.34. The van der Waals surface area contributed by atoms with Crippen molar-refractivity contribution in [2.24, 2.45) is 5.73 Å². The van der Waals surface area contributed by atoms with Crippen LogP contribution in [0.4, 0.5) is 5.69 Å². The molecule has 8 heteroatoms. The number of halogens is 1. The van der Waals surface area contributed by atoms with Gasteiger partial charge in [-0.15, -0.1) is 0 Å². The second kappa shape index (κ2) is 8.75. The van der Waals surface area contributed by atoms with Crippen LogP contribution < -0.4 is 15.8 Å². The van der Waals surface area contributed by atoms with Crippen molar-refractivity contribution in [3.05, 3.63) is 59.1 Å². The molecular formula is C20H21ClN2O5. The van der Waals surface area contributed by atoms with Crippen molar-refractivity contribution < 1.29 is 23.9 Å². The van der Waals surface area contributed by atoms with E-state index in [1.54, 1.807) is 24.3 Å². The van der Waals surface area contributed by atoms with Gasteiger partial charge in [-0.3, -0.25) is 9.59 Å². The Hall–Kier alpha value is -3.06. The lowest BCUT2D eigenvalue weighted by atomic mass is 10.1. The molecule has 0 aliphatic carbocycles. The zero-order chi connectivity index (χ0) is 20.9. The van der Waals surface area contributed by atoms with Crippen molar-refractivity contribution in [1.29, 1.82) is 0 Å². The summed E-state index contributed by atoms with van der Waals surface area (Å²) >= 11 is 5.83. The first kappa shape index (κ1) is 21.2. The molecular weight excluding hydrogens is 384 g/mol. The van der Waals surface area contributed by atoms with Gasteiger partial charge in [0.25, 0.3) is 5.91 Å². The molecule has 7 nitrogen and oxygen atoms in total. The summed E-state index contributed by atoms with van der Waals surface area (Å²) in [6, 6.07) is 12.6. The van der Waals surface area contributed by atoms with Crippen LogP contribution >= 0.6 is 11.6 Å². The molecule has 1 unspecified atom stereocenters. The molecule has 3 N–H and O–H groups in total. The number of nitrogens with two attached hydrogens (primary N) is 1. The first-order valence-corrected chi connectivity index (χ1v) is 8.82. The summed E-state index contributed by atoms with van der Waals surface area (Å²) in [7, 11) is 0. The molecule has 148 valence electrons. The van der Waals surface area contributed by atoms with Crippen LogP contribution in [0.15, 0.2) is 48.5 Å². The van der Waals surface area contributed by atoms with Crippen molar-refractivity contribution in [3.8, 4) is 5.75 Å². The lowest BCUT2D eigenvalue weighted by molar-refractivity contribution is -0.166. The predicted molar refractivity (Wildman–Crippen MR) is 105 cm³/mol. The zero-order valence-electron chi connectivity index (χ0n) is 15.7. The van der Waals surface area contributed by atoms with E-state index in [1.165, 1.54) is 45.0 Å². The molecule has 2 amide bonds. The molecule has 0 saturated carbocycles. The average molecular weight is 405 g/mol. The monoisotopic (exact) mass is 404 g/mol. The maximum absolute atomic E-state index is 12.4. The summed E-state index contributed by atoms with van der Waals surface area (Å²) in [5.74, 6) is -1.35. The van der Waals surface area contributed by atoms with Gasteiger partial charge in [0.2, 0.25) is 5.91 Å². The summed E-state index contributed by atoms with van der Waals surface area (Å²) < 4.78 is 10.9. The molecule has 0 fully saturated rings. The van der Waals surface area contributed by atoms with E-state index in [1.807, 2.05) is 0 Å². The highest BCUT2D eigenvalue weighted by Crippen LogP contribution is 2.22. The largest absolute Gasteiger partial charge is 0.476 e. The molecule has 0 heterocycles. The van der Waals surface area contributed by atoms with E-state index in [0.29, 0.717) is 22.0 Å². The third-order valence-electron chi connectivity index (χ3n) is 3.77. The summed E-state index contributed by atoms with van der Waals surface area (Å²) in [5, 5.41) is 3.14. The van der Waals surface area contributed by atoms with Crippen LogP contribution in [0.1, 0.15) is 31.1 Å². The van der Waals surface area contributed by atoms with E-state index in [2.05, 4.69) is 5.32 Å². The third kappa shape index (κ3) is 5.72. The van der Waals surface area contributed by atoms with Crippen LogP contribution in [0.25, 0.3) is 0 Å². The second-order valence-electron chi connectivity index (χ2n) is 6.54. The van der Waals surface area contributed by atoms with Crippen LogP contribution in [0.3, 0.4) is 0 Å². The number of primary amides is 1. The first-order chi connectivity index (χ1) is 13.1. The van der Waals surface area contributed by atoms with Gasteiger partial charge in [0.15, 0.2) is 11.7 Å². The minimum Gasteiger partial charge on any atom is -0.476 e. The van der Waals surface area contributed by atoms with Crippen molar-refractivity contribution in [1.82, 2.24) is 0 Å². The van der Waals surface area contributed by atoms with Crippen LogP contribution in [0.5, 0.6) is 5.75 Å². The lowest BCUT2D eigenvalue weighted by Gasteiger charge is -2.26. The molecule has 2 aromatic carbocycles. The molecule has 0 aromatic heterocycles. The molecule has 0 aliphatic heterocycles. The number of nitrogens with one attached hydrogen (secondary N) is 1. The summed E-state index contributed by atoms with van der Waals surface area (Å²) in [5.41, 5.74) is 4.61. The van der Waals surface area contributed by atoms with Crippen molar-refractivity contribution in [2.75, 3.05) is 5.32 Å². The molecule has 0 saturated heterocycles. The minimum absolute atomic E-state index is 0.318. The van der Waals surface area contributed by atoms with Crippen LogP contribution in [0.2, 0.25) is 5.02 Å². The standard InChI is InChI=1S/C20H21ClN2O5/c1-12(18(25)23-15-8-4-13(5-9-15)17(22)24)27-19(26)20(2,3)28-16-10-6-14(21)7-11-16/h4-12H,1-3H3,(H2,22,24)(H,23,25). The van der Waals surface area contributed by atoms with Crippen LogP contribution in [-0.2, 0) is 14.3 Å². The molecule has 0 bridgehead atoms. The number of amides is 2. The van der Waals surface area contributed by atoms with E-state index in [-0.39, 0.29) is 0 Å². The number of ether oxygens (including phenoxy) is 2. The van der Waals surface area contributed by atoms with Gasteiger partial charge >= 0.3 is 5.97 Å².